The molecular weight excluding hydrogens is 325 g/mol. The van der Waals surface area contributed by atoms with Crippen molar-refractivity contribution in [1.82, 2.24) is 0 Å². The van der Waals surface area contributed by atoms with Crippen LogP contribution in [0.4, 0.5) is 13.2 Å². The smallest absolute Gasteiger partial charge is 0.387 e. The second-order valence-corrected chi connectivity index (χ2v) is 5.65. The van der Waals surface area contributed by atoms with E-state index in [9.17, 15) is 13.2 Å². The second kappa shape index (κ2) is 5.74. The Balaban J connectivity index is 2.09. The maximum atomic E-state index is 12.7. The van der Waals surface area contributed by atoms with Gasteiger partial charge >= 0.3 is 6.18 Å². The predicted octanol–water partition coefficient (Wildman–Crippen LogP) is 4.66. The minimum absolute atomic E-state index is 0.426. The van der Waals surface area contributed by atoms with Crippen LogP contribution >= 0.6 is 11.6 Å². The normalized spacial score (nSPS) is 14.6. The zero-order chi connectivity index (χ0) is 16.6. The average molecular weight is 337 g/mol. The number of amidine groups is 1. The molecule has 0 amide bonds. The Morgan fingerprint density at radius 3 is 2.39 bits per heavy atom. The molecule has 23 heavy (non-hydrogen) atoms. The molecule has 0 aromatic heterocycles. The molecule has 0 fully saturated rings. The highest BCUT2D eigenvalue weighted by Gasteiger charge is 2.30. The zero-order valence-corrected chi connectivity index (χ0v) is 12.6. The van der Waals surface area contributed by atoms with Gasteiger partial charge in [0.05, 0.1) is 5.56 Å². The van der Waals surface area contributed by atoms with Crippen LogP contribution in [-0.4, -0.2) is 5.84 Å². The number of hydrogen-bond acceptors (Lipinski definition) is 2. The number of rotatable bonds is 1. The second-order valence-electron chi connectivity index (χ2n) is 5.22. The minimum Gasteiger partial charge on any atom is -0.387 e. The highest BCUT2D eigenvalue weighted by Crippen LogP contribution is 2.33. The Morgan fingerprint density at radius 1 is 1.04 bits per heavy atom. The molecule has 2 N–H and O–H groups in total. The molecule has 118 valence electrons. The number of alkyl halides is 3. The predicted molar refractivity (Wildman–Crippen MR) is 85.3 cm³/mol. The van der Waals surface area contributed by atoms with Gasteiger partial charge in [-0.2, -0.15) is 13.2 Å². The average Bonchev–Trinajstić information content (AvgIpc) is 2.64. The van der Waals surface area contributed by atoms with Crippen LogP contribution in [0.1, 0.15) is 22.3 Å². The van der Waals surface area contributed by atoms with Crippen molar-refractivity contribution in [3.05, 3.63) is 75.9 Å². The van der Waals surface area contributed by atoms with Gasteiger partial charge < -0.3 is 5.73 Å². The fraction of sp³-hybridized carbons (Fsp3) is 0.118. The standard InChI is InChI=1S/C17H12ClF3N2/c18-13-5-6-14-11(7-13)8-16(22)23-9-15(14)10-1-3-12(4-2-10)17(19,20)21/h1-7,9H,8H2,(H2,22,23). The third kappa shape index (κ3) is 3.24. The van der Waals surface area contributed by atoms with Crippen molar-refractivity contribution in [3.63, 3.8) is 0 Å². The van der Waals surface area contributed by atoms with E-state index in [1.165, 1.54) is 12.1 Å². The topological polar surface area (TPSA) is 38.4 Å². The molecular formula is C17H12ClF3N2. The summed E-state index contributed by atoms with van der Waals surface area (Å²) in [6.07, 6.45) is -2.33. The number of nitrogens with two attached hydrogens (primary N) is 1. The highest BCUT2D eigenvalue weighted by atomic mass is 35.5. The van der Waals surface area contributed by atoms with E-state index in [-0.39, 0.29) is 0 Å². The molecule has 2 aromatic rings. The quantitative estimate of drug-likeness (QED) is 0.808. The van der Waals surface area contributed by atoms with E-state index in [1.807, 2.05) is 6.07 Å². The van der Waals surface area contributed by atoms with Gasteiger partial charge in [0.2, 0.25) is 0 Å². The Labute approximate surface area is 136 Å². The van der Waals surface area contributed by atoms with Gasteiger partial charge in [0.15, 0.2) is 0 Å². The highest BCUT2D eigenvalue weighted by molar-refractivity contribution is 6.30. The molecule has 0 aliphatic carbocycles. The van der Waals surface area contributed by atoms with Crippen LogP contribution in [0.25, 0.3) is 5.57 Å². The van der Waals surface area contributed by atoms with Crippen molar-refractivity contribution < 1.29 is 13.2 Å². The van der Waals surface area contributed by atoms with Gasteiger partial charge in [-0.05, 0) is 41.0 Å². The van der Waals surface area contributed by atoms with E-state index in [0.717, 1.165) is 23.3 Å². The van der Waals surface area contributed by atoms with Crippen molar-refractivity contribution in [2.24, 2.45) is 10.7 Å². The van der Waals surface area contributed by atoms with Gasteiger partial charge in [0, 0.05) is 23.2 Å². The van der Waals surface area contributed by atoms with E-state index < -0.39 is 11.7 Å². The maximum Gasteiger partial charge on any atom is 0.416 e. The molecule has 0 atom stereocenters. The molecule has 2 nitrogen and oxygen atoms in total. The number of fused-ring (bicyclic) bond motifs is 1. The fourth-order valence-electron chi connectivity index (χ4n) is 2.50. The molecule has 0 unspecified atom stereocenters. The lowest BCUT2D eigenvalue weighted by molar-refractivity contribution is -0.137. The Morgan fingerprint density at radius 2 is 1.74 bits per heavy atom. The van der Waals surface area contributed by atoms with Crippen molar-refractivity contribution in [3.8, 4) is 0 Å². The zero-order valence-electron chi connectivity index (χ0n) is 11.9. The van der Waals surface area contributed by atoms with E-state index in [4.69, 9.17) is 17.3 Å². The van der Waals surface area contributed by atoms with Gasteiger partial charge in [-0.3, -0.25) is 0 Å². The third-order valence-corrected chi connectivity index (χ3v) is 3.85. The summed E-state index contributed by atoms with van der Waals surface area (Å²) in [4.78, 5) is 4.16. The summed E-state index contributed by atoms with van der Waals surface area (Å²) in [5.74, 6) is 0.426. The van der Waals surface area contributed by atoms with Crippen LogP contribution in [0.2, 0.25) is 5.02 Å². The maximum absolute atomic E-state index is 12.7. The first-order chi connectivity index (χ1) is 10.8. The number of aliphatic imine (C=N–C) groups is 1. The Kier molecular flexibility index (Phi) is 3.90. The van der Waals surface area contributed by atoms with E-state index in [1.54, 1.807) is 18.3 Å². The summed E-state index contributed by atoms with van der Waals surface area (Å²) in [7, 11) is 0. The molecule has 1 aliphatic heterocycles. The minimum atomic E-state index is -4.36. The van der Waals surface area contributed by atoms with Gasteiger partial charge in [0.1, 0.15) is 5.84 Å². The van der Waals surface area contributed by atoms with Gasteiger partial charge in [-0.25, -0.2) is 4.99 Å². The van der Waals surface area contributed by atoms with Crippen LogP contribution in [0.15, 0.2) is 53.7 Å². The first-order valence-electron chi connectivity index (χ1n) is 6.83. The number of nitrogens with zero attached hydrogens (tertiary/aromatic N) is 1. The summed E-state index contributed by atoms with van der Waals surface area (Å²) in [5, 5.41) is 0.574. The summed E-state index contributed by atoms with van der Waals surface area (Å²) in [6, 6.07) is 10.3. The van der Waals surface area contributed by atoms with Crippen LogP contribution in [0, 0.1) is 0 Å². The van der Waals surface area contributed by atoms with Gasteiger partial charge in [-0.1, -0.05) is 29.8 Å². The summed E-state index contributed by atoms with van der Waals surface area (Å²) in [6.45, 7) is 0. The third-order valence-electron chi connectivity index (χ3n) is 3.61. The van der Waals surface area contributed by atoms with E-state index >= 15 is 0 Å². The lowest BCUT2D eigenvalue weighted by Gasteiger charge is -2.12. The lowest BCUT2D eigenvalue weighted by Crippen LogP contribution is -2.14. The molecule has 1 heterocycles. The molecule has 0 spiro atoms. The fourth-order valence-corrected chi connectivity index (χ4v) is 2.69. The number of halogens is 4. The van der Waals surface area contributed by atoms with Crippen molar-refractivity contribution in [2.75, 3.05) is 0 Å². The van der Waals surface area contributed by atoms with Crippen molar-refractivity contribution in [1.29, 1.82) is 0 Å². The summed E-state index contributed by atoms with van der Waals surface area (Å²) >= 11 is 6.02. The Bertz CT molecular complexity index is 806. The molecule has 0 saturated heterocycles. The molecule has 1 aliphatic rings. The van der Waals surface area contributed by atoms with E-state index in [2.05, 4.69) is 4.99 Å². The SMILES string of the molecule is NC1=NC=C(c2ccc(C(F)(F)F)cc2)c2ccc(Cl)cc2C1. The lowest BCUT2D eigenvalue weighted by atomic mass is 9.93. The van der Waals surface area contributed by atoms with Crippen LogP contribution in [-0.2, 0) is 12.6 Å². The molecule has 0 saturated carbocycles. The first kappa shape index (κ1) is 15.6. The van der Waals surface area contributed by atoms with Crippen molar-refractivity contribution >= 4 is 23.0 Å². The van der Waals surface area contributed by atoms with Gasteiger partial charge in [-0.15, -0.1) is 0 Å². The molecule has 0 radical (unpaired) electrons. The Hall–Kier alpha value is -2.27. The first-order valence-corrected chi connectivity index (χ1v) is 7.21. The number of hydrogen-bond donors (Lipinski definition) is 1. The monoisotopic (exact) mass is 336 g/mol. The van der Waals surface area contributed by atoms with E-state index in [0.29, 0.717) is 28.4 Å². The van der Waals surface area contributed by atoms with Crippen LogP contribution in [0.5, 0.6) is 0 Å². The molecule has 6 heteroatoms. The summed E-state index contributed by atoms with van der Waals surface area (Å²) in [5.41, 5.74) is 8.25. The van der Waals surface area contributed by atoms with Crippen molar-refractivity contribution in [2.45, 2.75) is 12.6 Å². The molecule has 0 bridgehead atoms. The van der Waals surface area contributed by atoms with Crippen LogP contribution < -0.4 is 5.73 Å². The number of benzene rings is 2. The van der Waals surface area contributed by atoms with Crippen LogP contribution in [0.3, 0.4) is 0 Å². The molecule has 3 rings (SSSR count). The molecule has 2 aromatic carbocycles. The largest absolute Gasteiger partial charge is 0.416 e. The summed E-state index contributed by atoms with van der Waals surface area (Å²) < 4.78 is 38.1. The van der Waals surface area contributed by atoms with Gasteiger partial charge in [0.25, 0.3) is 0 Å².